The number of amides is 1. The molecular weight excluding hydrogens is 349 g/mol. The molecule has 1 aromatic carbocycles. The van der Waals surface area contributed by atoms with Crippen molar-refractivity contribution in [3.63, 3.8) is 0 Å². The number of hydrogen-bond acceptors (Lipinski definition) is 6. The molecule has 1 atom stereocenters. The predicted octanol–water partition coefficient (Wildman–Crippen LogP) is 2.71. The molecule has 2 rings (SSSR count). The molecule has 9 heteroatoms. The maximum absolute atomic E-state index is 12.0. The number of nitrogens with zero attached hydrogens (tertiary/aromatic N) is 2. The van der Waals surface area contributed by atoms with Crippen LogP contribution in [0.2, 0.25) is 9.36 Å². The van der Waals surface area contributed by atoms with Gasteiger partial charge >= 0.3 is 5.97 Å². The molecule has 0 radical (unpaired) electrons. The lowest BCUT2D eigenvalue weighted by Gasteiger charge is -2.13. The van der Waals surface area contributed by atoms with E-state index in [4.69, 9.17) is 27.9 Å². The molecule has 2 aromatic rings. The quantitative estimate of drug-likeness (QED) is 0.830. The first kappa shape index (κ1) is 16.7. The number of rotatable bonds is 5. The summed E-state index contributed by atoms with van der Waals surface area (Å²) in [5, 5.41) is 6.55. The fraction of sp³-hybridized carbons (Fsp3) is 0.231. The van der Waals surface area contributed by atoms with Crippen molar-refractivity contribution in [1.82, 2.24) is 14.9 Å². The van der Waals surface area contributed by atoms with E-state index in [1.54, 1.807) is 24.3 Å². The summed E-state index contributed by atoms with van der Waals surface area (Å²) in [6.07, 6.45) is 0. The third kappa shape index (κ3) is 4.16. The number of halogens is 2. The zero-order chi connectivity index (χ0) is 16.1. The van der Waals surface area contributed by atoms with Crippen molar-refractivity contribution >= 4 is 46.6 Å². The Bertz CT molecular complexity index is 693. The van der Waals surface area contributed by atoms with Gasteiger partial charge in [0.2, 0.25) is 0 Å². The van der Waals surface area contributed by atoms with E-state index >= 15 is 0 Å². The summed E-state index contributed by atoms with van der Waals surface area (Å²) in [6.45, 7) is 1.42. The summed E-state index contributed by atoms with van der Waals surface area (Å²) in [5.74, 6) is -1.06. The molecule has 0 saturated carbocycles. The van der Waals surface area contributed by atoms with Gasteiger partial charge in [-0.1, -0.05) is 39.8 Å². The third-order valence-electron chi connectivity index (χ3n) is 2.68. The van der Waals surface area contributed by atoms with Crippen LogP contribution in [0.25, 0.3) is 0 Å². The number of hydrogen-bond donors (Lipinski definition) is 1. The Morgan fingerprint density at radius 3 is 2.73 bits per heavy atom. The first-order valence-electron chi connectivity index (χ1n) is 6.17. The SMILES string of the molecule is C[C@H](NC(=O)c1ccccc1Cl)C(=O)OCc1nnsc1Cl. The van der Waals surface area contributed by atoms with Crippen LogP contribution in [0, 0.1) is 0 Å². The molecule has 1 aromatic heterocycles. The monoisotopic (exact) mass is 359 g/mol. The molecule has 116 valence electrons. The molecule has 0 saturated heterocycles. The third-order valence-corrected chi connectivity index (χ3v) is 3.99. The molecule has 0 aliphatic heterocycles. The lowest BCUT2D eigenvalue weighted by molar-refractivity contribution is -0.146. The van der Waals surface area contributed by atoms with Crippen molar-refractivity contribution in [1.29, 1.82) is 0 Å². The van der Waals surface area contributed by atoms with Gasteiger partial charge in [-0.3, -0.25) is 4.79 Å². The summed E-state index contributed by atoms with van der Waals surface area (Å²) < 4.78 is 9.02. The number of ether oxygens (including phenoxy) is 1. The molecule has 1 amide bonds. The van der Waals surface area contributed by atoms with Crippen molar-refractivity contribution in [3.8, 4) is 0 Å². The Hall–Kier alpha value is -1.70. The summed E-state index contributed by atoms with van der Waals surface area (Å²) in [4.78, 5) is 23.9. The average Bonchev–Trinajstić information content (AvgIpc) is 2.90. The van der Waals surface area contributed by atoms with Crippen LogP contribution in [0.3, 0.4) is 0 Å². The summed E-state index contributed by atoms with van der Waals surface area (Å²) >= 11 is 12.7. The highest BCUT2D eigenvalue weighted by atomic mass is 35.5. The number of esters is 1. The molecular formula is C13H11Cl2N3O3S. The molecule has 1 heterocycles. The second-order valence-corrected chi connectivity index (χ2v) is 6.04. The minimum Gasteiger partial charge on any atom is -0.457 e. The van der Waals surface area contributed by atoms with Crippen LogP contribution >= 0.6 is 34.7 Å². The van der Waals surface area contributed by atoms with E-state index in [1.165, 1.54) is 6.92 Å². The van der Waals surface area contributed by atoms with Crippen LogP contribution in [0.4, 0.5) is 0 Å². The van der Waals surface area contributed by atoms with Crippen LogP contribution in [0.15, 0.2) is 24.3 Å². The summed E-state index contributed by atoms with van der Waals surface area (Å²) in [5.41, 5.74) is 0.667. The molecule has 22 heavy (non-hydrogen) atoms. The molecule has 0 fully saturated rings. The Balaban J connectivity index is 1.90. The smallest absolute Gasteiger partial charge is 0.328 e. The lowest BCUT2D eigenvalue weighted by atomic mass is 10.2. The van der Waals surface area contributed by atoms with Crippen LogP contribution in [-0.4, -0.2) is 27.5 Å². The van der Waals surface area contributed by atoms with Crippen molar-refractivity contribution in [2.75, 3.05) is 0 Å². The maximum atomic E-state index is 12.0. The first-order valence-corrected chi connectivity index (χ1v) is 7.70. The standard InChI is InChI=1S/C13H11Cl2N3O3S/c1-7(13(20)21-6-10-11(15)22-18-17-10)16-12(19)8-4-2-3-5-9(8)14/h2-5,7H,6H2,1H3,(H,16,19)/t7-/m0/s1. The number of aromatic nitrogens is 2. The zero-order valence-corrected chi connectivity index (χ0v) is 13.7. The average molecular weight is 360 g/mol. The van der Waals surface area contributed by atoms with E-state index in [0.29, 0.717) is 15.1 Å². The molecule has 0 unspecified atom stereocenters. The van der Waals surface area contributed by atoms with Crippen LogP contribution in [-0.2, 0) is 16.1 Å². The van der Waals surface area contributed by atoms with Gasteiger partial charge in [-0.15, -0.1) is 5.10 Å². The van der Waals surface area contributed by atoms with E-state index in [-0.39, 0.29) is 12.2 Å². The van der Waals surface area contributed by atoms with Crippen LogP contribution in [0.5, 0.6) is 0 Å². The molecule has 0 aliphatic carbocycles. The zero-order valence-electron chi connectivity index (χ0n) is 11.4. The summed E-state index contributed by atoms with van der Waals surface area (Å²) in [7, 11) is 0. The minimum absolute atomic E-state index is 0.0968. The van der Waals surface area contributed by atoms with E-state index in [0.717, 1.165) is 11.5 Å². The predicted molar refractivity (Wildman–Crippen MR) is 83.1 cm³/mol. The lowest BCUT2D eigenvalue weighted by Crippen LogP contribution is -2.39. The Labute approximate surface area is 140 Å². The second kappa shape index (κ2) is 7.53. The topological polar surface area (TPSA) is 81.2 Å². The van der Waals surface area contributed by atoms with Crippen LogP contribution < -0.4 is 5.32 Å². The van der Waals surface area contributed by atoms with Gasteiger partial charge in [0.1, 0.15) is 22.7 Å². The highest BCUT2D eigenvalue weighted by molar-refractivity contribution is 7.10. The fourth-order valence-corrected chi connectivity index (χ4v) is 2.35. The van der Waals surface area contributed by atoms with Gasteiger partial charge in [-0.25, -0.2) is 4.79 Å². The molecule has 0 bridgehead atoms. The molecule has 6 nitrogen and oxygen atoms in total. The van der Waals surface area contributed by atoms with Gasteiger partial charge in [0, 0.05) is 11.5 Å². The van der Waals surface area contributed by atoms with Crippen molar-refractivity contribution in [3.05, 3.63) is 44.9 Å². The second-order valence-electron chi connectivity index (χ2n) is 4.28. The van der Waals surface area contributed by atoms with E-state index < -0.39 is 17.9 Å². The van der Waals surface area contributed by atoms with Gasteiger partial charge in [0.15, 0.2) is 0 Å². The van der Waals surface area contributed by atoms with Crippen LogP contribution in [0.1, 0.15) is 23.0 Å². The van der Waals surface area contributed by atoms with Crippen molar-refractivity contribution in [2.24, 2.45) is 0 Å². The molecule has 0 aliphatic rings. The van der Waals surface area contributed by atoms with E-state index in [9.17, 15) is 9.59 Å². The van der Waals surface area contributed by atoms with Crippen molar-refractivity contribution in [2.45, 2.75) is 19.6 Å². The first-order chi connectivity index (χ1) is 10.5. The maximum Gasteiger partial charge on any atom is 0.328 e. The van der Waals surface area contributed by atoms with E-state index in [2.05, 4.69) is 14.9 Å². The van der Waals surface area contributed by atoms with Gasteiger partial charge in [0.05, 0.1) is 10.6 Å². The Morgan fingerprint density at radius 1 is 1.36 bits per heavy atom. The van der Waals surface area contributed by atoms with Gasteiger partial charge in [0.25, 0.3) is 5.91 Å². The Morgan fingerprint density at radius 2 is 2.09 bits per heavy atom. The highest BCUT2D eigenvalue weighted by Crippen LogP contribution is 2.18. The number of benzene rings is 1. The van der Waals surface area contributed by atoms with Gasteiger partial charge in [-0.2, -0.15) is 0 Å². The largest absolute Gasteiger partial charge is 0.457 e. The fourth-order valence-electron chi connectivity index (χ4n) is 1.53. The minimum atomic E-state index is -0.839. The Kier molecular flexibility index (Phi) is 5.70. The molecule has 1 N–H and O–H groups in total. The van der Waals surface area contributed by atoms with Crippen molar-refractivity contribution < 1.29 is 14.3 Å². The van der Waals surface area contributed by atoms with Gasteiger partial charge < -0.3 is 10.1 Å². The number of nitrogens with one attached hydrogen (secondary N) is 1. The normalized spacial score (nSPS) is 11.8. The van der Waals surface area contributed by atoms with Gasteiger partial charge in [-0.05, 0) is 19.1 Å². The van der Waals surface area contributed by atoms with E-state index in [1.807, 2.05) is 0 Å². The number of carbonyl (C=O) groups is 2. The number of carbonyl (C=O) groups excluding carboxylic acids is 2. The summed E-state index contributed by atoms with van der Waals surface area (Å²) in [6, 6.07) is 5.71. The molecule has 0 spiro atoms. The highest BCUT2D eigenvalue weighted by Gasteiger charge is 2.20.